The number of non-ortho nitro benzene ring substituents is 1. The molecule has 0 fully saturated rings. The Kier molecular flexibility index (Phi) is 5.28. The fourth-order valence-electron chi connectivity index (χ4n) is 3.78. The summed E-state index contributed by atoms with van der Waals surface area (Å²) in [6.07, 6.45) is 0.629. The highest BCUT2D eigenvalue weighted by molar-refractivity contribution is 6.00. The van der Waals surface area contributed by atoms with E-state index in [-0.39, 0.29) is 17.4 Å². The average molecular weight is 410 g/mol. The summed E-state index contributed by atoms with van der Waals surface area (Å²) < 4.78 is 18.6. The maximum atomic E-state index is 13.5. The Labute approximate surface area is 171 Å². The lowest BCUT2D eigenvalue weighted by molar-refractivity contribution is -0.384. The number of aromatic nitrogens is 2. The number of fused-ring (bicyclic) bond motifs is 1. The number of aromatic amines is 1. The van der Waals surface area contributed by atoms with Gasteiger partial charge in [0.15, 0.2) is 0 Å². The summed E-state index contributed by atoms with van der Waals surface area (Å²) in [5.74, 6) is -0.597. The highest BCUT2D eigenvalue weighted by Crippen LogP contribution is 2.43. The number of amides is 1. The number of rotatable bonds is 7. The van der Waals surface area contributed by atoms with Crippen LogP contribution < -0.4 is 0 Å². The summed E-state index contributed by atoms with van der Waals surface area (Å²) in [5, 5.41) is 18.3. The number of hydrogen-bond acceptors (Lipinski definition) is 5. The SMILES string of the molecule is COCCCN1C(=O)c2[nH]nc(-c3cccc([N+](=O)[O-])c3)c2C1c1ccc(F)cc1. The Hall–Kier alpha value is -3.59. The molecule has 1 aliphatic heterocycles. The molecule has 1 aromatic heterocycles. The maximum Gasteiger partial charge on any atom is 0.273 e. The molecule has 0 bridgehead atoms. The van der Waals surface area contributed by atoms with Crippen molar-refractivity contribution in [3.05, 3.63) is 81.3 Å². The van der Waals surface area contributed by atoms with E-state index in [4.69, 9.17) is 4.74 Å². The van der Waals surface area contributed by atoms with Crippen molar-refractivity contribution in [2.75, 3.05) is 20.3 Å². The van der Waals surface area contributed by atoms with E-state index < -0.39 is 11.0 Å². The summed E-state index contributed by atoms with van der Waals surface area (Å²) in [4.78, 5) is 25.5. The topological polar surface area (TPSA) is 101 Å². The predicted molar refractivity (Wildman–Crippen MR) is 106 cm³/mol. The summed E-state index contributed by atoms with van der Waals surface area (Å²) in [5.41, 5.74) is 2.62. The number of H-pyrrole nitrogens is 1. The zero-order chi connectivity index (χ0) is 21.3. The van der Waals surface area contributed by atoms with Gasteiger partial charge in [0.05, 0.1) is 16.7 Å². The molecule has 2 heterocycles. The summed E-state index contributed by atoms with van der Waals surface area (Å²) in [7, 11) is 1.59. The monoisotopic (exact) mass is 410 g/mol. The van der Waals surface area contributed by atoms with Crippen LogP contribution in [0.1, 0.15) is 34.1 Å². The van der Waals surface area contributed by atoms with Crippen LogP contribution >= 0.6 is 0 Å². The van der Waals surface area contributed by atoms with Crippen molar-refractivity contribution in [2.24, 2.45) is 0 Å². The first-order valence-electron chi connectivity index (χ1n) is 9.39. The van der Waals surface area contributed by atoms with Gasteiger partial charge in [0, 0.05) is 43.5 Å². The zero-order valence-electron chi connectivity index (χ0n) is 16.2. The highest BCUT2D eigenvalue weighted by atomic mass is 19.1. The molecule has 3 aromatic rings. The minimum absolute atomic E-state index is 0.0659. The first-order valence-corrected chi connectivity index (χ1v) is 9.39. The largest absolute Gasteiger partial charge is 0.385 e. The second-order valence-corrected chi connectivity index (χ2v) is 6.97. The molecule has 0 spiro atoms. The van der Waals surface area contributed by atoms with Crippen molar-refractivity contribution in [1.29, 1.82) is 0 Å². The van der Waals surface area contributed by atoms with E-state index in [1.807, 2.05) is 0 Å². The molecule has 2 aromatic carbocycles. The van der Waals surface area contributed by atoms with Crippen molar-refractivity contribution in [3.63, 3.8) is 0 Å². The molecule has 30 heavy (non-hydrogen) atoms. The fourth-order valence-corrected chi connectivity index (χ4v) is 3.78. The fraction of sp³-hybridized carbons (Fsp3) is 0.238. The number of ether oxygens (including phenoxy) is 1. The van der Waals surface area contributed by atoms with Crippen LogP contribution in [0.2, 0.25) is 0 Å². The van der Waals surface area contributed by atoms with Crippen LogP contribution in [0.3, 0.4) is 0 Å². The molecule has 0 radical (unpaired) electrons. The number of benzene rings is 2. The van der Waals surface area contributed by atoms with E-state index in [2.05, 4.69) is 10.2 Å². The van der Waals surface area contributed by atoms with Crippen molar-refractivity contribution in [2.45, 2.75) is 12.5 Å². The van der Waals surface area contributed by atoms with E-state index in [0.29, 0.717) is 42.1 Å². The molecule has 0 aliphatic carbocycles. The number of nitrogens with zero attached hydrogens (tertiary/aromatic N) is 3. The summed E-state index contributed by atoms with van der Waals surface area (Å²) in [6.45, 7) is 0.926. The minimum Gasteiger partial charge on any atom is -0.385 e. The number of nitro groups is 1. The Morgan fingerprint density at radius 1 is 1.27 bits per heavy atom. The van der Waals surface area contributed by atoms with Crippen molar-refractivity contribution >= 4 is 11.6 Å². The third-order valence-corrected chi connectivity index (χ3v) is 5.13. The number of methoxy groups -OCH3 is 1. The second kappa shape index (κ2) is 8.03. The Balaban J connectivity index is 1.82. The molecular formula is C21H19FN4O4. The van der Waals surface area contributed by atoms with E-state index in [0.717, 1.165) is 5.56 Å². The molecule has 0 saturated heterocycles. The first kappa shape index (κ1) is 19.7. The maximum absolute atomic E-state index is 13.5. The van der Waals surface area contributed by atoms with Crippen LogP contribution in [-0.4, -0.2) is 46.2 Å². The molecule has 9 heteroatoms. The molecular weight excluding hydrogens is 391 g/mol. The van der Waals surface area contributed by atoms with Gasteiger partial charge in [-0.15, -0.1) is 0 Å². The van der Waals surface area contributed by atoms with Crippen LogP contribution in [0, 0.1) is 15.9 Å². The minimum atomic E-state index is -0.488. The lowest BCUT2D eigenvalue weighted by atomic mass is 9.96. The van der Waals surface area contributed by atoms with Gasteiger partial charge in [0.1, 0.15) is 11.5 Å². The number of halogens is 1. The van der Waals surface area contributed by atoms with E-state index in [9.17, 15) is 19.3 Å². The van der Waals surface area contributed by atoms with Gasteiger partial charge in [0.25, 0.3) is 11.6 Å². The number of carbonyl (C=O) groups excluding carboxylic acids is 1. The third kappa shape index (κ3) is 3.43. The number of carbonyl (C=O) groups is 1. The molecule has 4 rings (SSSR count). The normalized spacial score (nSPS) is 15.5. The Morgan fingerprint density at radius 3 is 2.73 bits per heavy atom. The van der Waals surface area contributed by atoms with Gasteiger partial charge in [-0.2, -0.15) is 5.10 Å². The van der Waals surface area contributed by atoms with E-state index in [1.54, 1.807) is 36.3 Å². The molecule has 1 atom stereocenters. The Morgan fingerprint density at radius 2 is 2.03 bits per heavy atom. The second-order valence-electron chi connectivity index (χ2n) is 6.97. The van der Waals surface area contributed by atoms with Crippen molar-refractivity contribution in [3.8, 4) is 11.3 Å². The zero-order valence-corrected chi connectivity index (χ0v) is 16.2. The van der Waals surface area contributed by atoms with Gasteiger partial charge in [0.2, 0.25) is 0 Å². The van der Waals surface area contributed by atoms with Crippen LogP contribution in [0.25, 0.3) is 11.3 Å². The molecule has 0 saturated carbocycles. The van der Waals surface area contributed by atoms with Gasteiger partial charge in [-0.25, -0.2) is 4.39 Å². The number of nitrogens with one attached hydrogen (secondary N) is 1. The smallest absolute Gasteiger partial charge is 0.273 e. The Bertz CT molecular complexity index is 1100. The summed E-state index contributed by atoms with van der Waals surface area (Å²) >= 11 is 0. The molecule has 154 valence electrons. The average Bonchev–Trinajstić information content (AvgIpc) is 3.29. The summed E-state index contributed by atoms with van der Waals surface area (Å²) in [6, 6.07) is 11.6. The van der Waals surface area contributed by atoms with Crippen LogP contribution in [0.5, 0.6) is 0 Å². The quantitative estimate of drug-likeness (QED) is 0.364. The third-order valence-electron chi connectivity index (χ3n) is 5.13. The lowest BCUT2D eigenvalue weighted by Crippen LogP contribution is -2.31. The van der Waals surface area contributed by atoms with Crippen molar-refractivity contribution < 1.29 is 18.8 Å². The van der Waals surface area contributed by atoms with E-state index in [1.165, 1.54) is 24.3 Å². The van der Waals surface area contributed by atoms with Crippen LogP contribution in [0.15, 0.2) is 48.5 Å². The number of nitro benzene ring substituents is 1. The van der Waals surface area contributed by atoms with Gasteiger partial charge < -0.3 is 9.64 Å². The van der Waals surface area contributed by atoms with Gasteiger partial charge >= 0.3 is 0 Å². The highest BCUT2D eigenvalue weighted by Gasteiger charge is 2.42. The standard InChI is InChI=1S/C21H19FN4O4/c1-30-11-3-10-25-20(13-6-8-15(22)9-7-13)17-18(23-24-19(17)21(25)27)14-4-2-5-16(12-14)26(28)29/h2,4-9,12,20H,3,10-11H2,1H3,(H,23,24). The van der Waals surface area contributed by atoms with Gasteiger partial charge in [-0.1, -0.05) is 24.3 Å². The molecule has 1 unspecified atom stereocenters. The van der Waals surface area contributed by atoms with Gasteiger partial charge in [-0.05, 0) is 24.1 Å². The molecule has 1 N–H and O–H groups in total. The lowest BCUT2D eigenvalue weighted by Gasteiger charge is -2.26. The first-order chi connectivity index (χ1) is 14.5. The molecule has 1 amide bonds. The number of hydrogen-bond donors (Lipinski definition) is 1. The molecule has 8 nitrogen and oxygen atoms in total. The molecule has 1 aliphatic rings. The predicted octanol–water partition coefficient (Wildman–Crippen LogP) is 3.71. The van der Waals surface area contributed by atoms with Crippen molar-refractivity contribution in [1.82, 2.24) is 15.1 Å². The van der Waals surface area contributed by atoms with E-state index >= 15 is 0 Å². The van der Waals surface area contributed by atoms with Gasteiger partial charge in [-0.3, -0.25) is 20.0 Å². The van der Waals surface area contributed by atoms with Crippen LogP contribution in [-0.2, 0) is 4.74 Å². The van der Waals surface area contributed by atoms with Crippen LogP contribution in [0.4, 0.5) is 10.1 Å².